The van der Waals surface area contributed by atoms with E-state index in [2.05, 4.69) is 45.9 Å². The summed E-state index contributed by atoms with van der Waals surface area (Å²) in [6, 6.07) is 22.0. The molecule has 2 aliphatic rings. The average molecular weight is 468 g/mol. The van der Waals surface area contributed by atoms with Gasteiger partial charge in [0.25, 0.3) is 5.91 Å². The smallest absolute Gasteiger partial charge is 0.251 e. The van der Waals surface area contributed by atoms with Crippen molar-refractivity contribution in [2.45, 2.75) is 32.0 Å². The fourth-order valence-corrected chi connectivity index (χ4v) is 4.83. The minimum atomic E-state index is -0.301. The van der Waals surface area contributed by atoms with E-state index in [0.717, 1.165) is 5.56 Å². The highest BCUT2D eigenvalue weighted by molar-refractivity contribution is 5.87. The van der Waals surface area contributed by atoms with Crippen molar-refractivity contribution in [1.29, 1.82) is 0 Å². The van der Waals surface area contributed by atoms with Crippen molar-refractivity contribution in [3.8, 4) is 17.1 Å². The first-order valence-electron chi connectivity index (χ1n) is 11.8. The summed E-state index contributed by atoms with van der Waals surface area (Å²) in [4.78, 5) is 19.5. The Hall–Kier alpha value is -4.17. The van der Waals surface area contributed by atoms with Crippen molar-refractivity contribution in [1.82, 2.24) is 25.5 Å². The van der Waals surface area contributed by atoms with Crippen LogP contribution < -0.4 is 10.2 Å². The normalized spacial score (nSPS) is 19.4. The molecule has 35 heavy (non-hydrogen) atoms. The number of rotatable bonds is 6. The van der Waals surface area contributed by atoms with Crippen LogP contribution in [-0.2, 0) is 11.3 Å². The van der Waals surface area contributed by atoms with Crippen LogP contribution in [0.2, 0.25) is 0 Å². The molecule has 0 saturated carbocycles. The zero-order valence-electron chi connectivity index (χ0n) is 19.3. The number of nitrogens with zero attached hydrogens (tertiary/aromatic N) is 4. The van der Waals surface area contributed by atoms with Crippen molar-refractivity contribution in [3.05, 3.63) is 90.6 Å². The number of para-hydroxylation sites is 1. The van der Waals surface area contributed by atoms with Crippen LogP contribution in [0.1, 0.15) is 30.8 Å². The highest BCUT2D eigenvalue weighted by Gasteiger charge is 2.40. The van der Waals surface area contributed by atoms with Gasteiger partial charge >= 0.3 is 0 Å². The molecular weight excluding hydrogens is 442 g/mol. The van der Waals surface area contributed by atoms with Gasteiger partial charge in [0.05, 0.1) is 18.2 Å². The largest absolute Gasteiger partial charge is 0.493 e. The van der Waals surface area contributed by atoms with Crippen molar-refractivity contribution >= 4 is 16.7 Å². The molecule has 8 heteroatoms. The van der Waals surface area contributed by atoms with Gasteiger partial charge in [-0.15, -0.1) is 0 Å². The van der Waals surface area contributed by atoms with Crippen LogP contribution in [0, 0.1) is 0 Å². The third kappa shape index (κ3) is 3.91. The molecule has 1 fully saturated rings. The topological polar surface area (TPSA) is 83.7 Å². The van der Waals surface area contributed by atoms with Crippen LogP contribution in [0.4, 0.5) is 0 Å². The Bertz CT molecular complexity index is 1410. The standard InChI is InChI=1S/C27H25N5O3/c1-2-34-24-13-6-5-11-21(24)26-28-25(35-30-26)17-31-14-15-32-23(27(31)33)16-22(29-32)20-12-7-9-18-8-3-4-10-19(18)20/h3-15,22-23,29H,2,16-17H2,1H3. The molecular formula is C27H25N5O3. The Morgan fingerprint density at radius 3 is 2.80 bits per heavy atom. The summed E-state index contributed by atoms with van der Waals surface area (Å²) in [5, 5.41) is 8.41. The van der Waals surface area contributed by atoms with Gasteiger partial charge in [-0.3, -0.25) is 4.79 Å². The Kier molecular flexibility index (Phi) is 5.42. The molecule has 1 N–H and O–H groups in total. The lowest BCUT2D eigenvalue weighted by molar-refractivity contribution is -0.135. The minimum Gasteiger partial charge on any atom is -0.493 e. The molecule has 3 heterocycles. The number of aromatic nitrogens is 2. The van der Waals surface area contributed by atoms with Gasteiger partial charge in [0.2, 0.25) is 11.7 Å². The van der Waals surface area contributed by atoms with Crippen molar-refractivity contribution in [2.24, 2.45) is 0 Å². The molecule has 0 bridgehead atoms. The van der Waals surface area contributed by atoms with Gasteiger partial charge < -0.3 is 19.2 Å². The van der Waals surface area contributed by atoms with E-state index in [9.17, 15) is 4.79 Å². The number of amides is 1. The molecule has 3 aromatic carbocycles. The first-order valence-corrected chi connectivity index (χ1v) is 11.8. The number of nitrogens with one attached hydrogen (secondary N) is 1. The van der Waals surface area contributed by atoms with Crippen LogP contribution in [0.25, 0.3) is 22.2 Å². The summed E-state index contributed by atoms with van der Waals surface area (Å²) in [6.07, 6.45) is 4.33. The van der Waals surface area contributed by atoms with Gasteiger partial charge in [0.1, 0.15) is 18.3 Å². The second kappa shape index (κ2) is 8.88. The molecule has 0 aliphatic carbocycles. The first kappa shape index (κ1) is 21.4. The zero-order valence-corrected chi connectivity index (χ0v) is 19.3. The second-order valence-corrected chi connectivity index (χ2v) is 8.61. The monoisotopic (exact) mass is 467 g/mol. The Morgan fingerprint density at radius 1 is 1.06 bits per heavy atom. The van der Waals surface area contributed by atoms with Gasteiger partial charge in [-0.1, -0.05) is 59.8 Å². The van der Waals surface area contributed by atoms with Gasteiger partial charge in [0.15, 0.2) is 0 Å². The van der Waals surface area contributed by atoms with Crippen molar-refractivity contribution in [2.75, 3.05) is 6.61 Å². The number of benzene rings is 3. The predicted octanol–water partition coefficient (Wildman–Crippen LogP) is 4.42. The van der Waals surface area contributed by atoms with Crippen LogP contribution in [0.3, 0.4) is 0 Å². The second-order valence-electron chi connectivity index (χ2n) is 8.61. The lowest BCUT2D eigenvalue weighted by atomic mass is 9.95. The molecule has 1 amide bonds. The fraction of sp³-hybridized carbons (Fsp3) is 0.222. The van der Waals surface area contributed by atoms with E-state index in [1.807, 2.05) is 54.5 Å². The van der Waals surface area contributed by atoms with Crippen LogP contribution >= 0.6 is 0 Å². The summed E-state index contributed by atoms with van der Waals surface area (Å²) in [6.45, 7) is 2.68. The number of ether oxygens (including phenoxy) is 1. The maximum atomic E-state index is 13.4. The molecule has 2 atom stereocenters. The van der Waals surface area contributed by atoms with E-state index >= 15 is 0 Å². The number of hydrogen-bond donors (Lipinski definition) is 1. The van der Waals surface area contributed by atoms with E-state index in [1.165, 1.54) is 16.3 Å². The Labute approximate surface area is 202 Å². The van der Waals surface area contributed by atoms with Gasteiger partial charge in [0, 0.05) is 12.4 Å². The SMILES string of the molecule is CCOc1ccccc1-c1noc(CN2C=CN3NC(c4cccc5ccccc45)CC3C2=O)n1. The van der Waals surface area contributed by atoms with E-state index in [1.54, 1.807) is 11.1 Å². The lowest BCUT2D eigenvalue weighted by Crippen LogP contribution is -2.47. The number of carbonyl (C=O) groups excluding carboxylic acids is 1. The number of hydrogen-bond acceptors (Lipinski definition) is 7. The molecule has 8 nitrogen and oxygen atoms in total. The number of carbonyl (C=O) groups is 1. The van der Waals surface area contributed by atoms with Crippen molar-refractivity contribution < 1.29 is 14.1 Å². The van der Waals surface area contributed by atoms with E-state index < -0.39 is 0 Å². The maximum absolute atomic E-state index is 13.4. The number of hydrazine groups is 1. The Morgan fingerprint density at radius 2 is 1.89 bits per heavy atom. The molecule has 2 unspecified atom stereocenters. The van der Waals surface area contributed by atoms with E-state index in [4.69, 9.17) is 9.26 Å². The first-order chi connectivity index (χ1) is 17.2. The quantitative estimate of drug-likeness (QED) is 0.449. The van der Waals surface area contributed by atoms with Gasteiger partial charge in [-0.2, -0.15) is 4.98 Å². The Balaban J connectivity index is 1.19. The highest BCUT2D eigenvalue weighted by Crippen LogP contribution is 2.35. The number of fused-ring (bicyclic) bond motifs is 2. The molecule has 1 aromatic heterocycles. The van der Waals surface area contributed by atoms with Crippen LogP contribution in [0.15, 0.2) is 83.7 Å². The molecule has 1 saturated heterocycles. The molecule has 0 spiro atoms. The van der Waals surface area contributed by atoms with Crippen LogP contribution in [-0.4, -0.2) is 38.6 Å². The minimum absolute atomic E-state index is 0.00259. The fourth-order valence-electron chi connectivity index (χ4n) is 4.83. The zero-order chi connectivity index (χ0) is 23.8. The average Bonchev–Trinajstić information content (AvgIpc) is 3.54. The van der Waals surface area contributed by atoms with Gasteiger partial charge in [-0.05, 0) is 41.8 Å². The summed E-state index contributed by atoms with van der Waals surface area (Å²) in [7, 11) is 0. The highest BCUT2D eigenvalue weighted by atomic mass is 16.5. The third-order valence-electron chi connectivity index (χ3n) is 6.48. The predicted molar refractivity (Wildman–Crippen MR) is 131 cm³/mol. The lowest BCUT2D eigenvalue weighted by Gasteiger charge is -2.30. The molecule has 0 radical (unpaired) electrons. The molecule has 4 aromatic rings. The summed E-state index contributed by atoms with van der Waals surface area (Å²) in [5.74, 6) is 1.51. The van der Waals surface area contributed by atoms with E-state index in [0.29, 0.717) is 30.5 Å². The summed E-state index contributed by atoms with van der Waals surface area (Å²) in [5.41, 5.74) is 5.45. The molecule has 2 aliphatic heterocycles. The third-order valence-corrected chi connectivity index (χ3v) is 6.48. The van der Waals surface area contributed by atoms with Gasteiger partial charge in [-0.25, -0.2) is 5.43 Å². The van der Waals surface area contributed by atoms with E-state index in [-0.39, 0.29) is 24.5 Å². The van der Waals surface area contributed by atoms with Crippen molar-refractivity contribution in [3.63, 3.8) is 0 Å². The summed E-state index contributed by atoms with van der Waals surface area (Å²) < 4.78 is 11.2. The maximum Gasteiger partial charge on any atom is 0.251 e. The molecule has 6 rings (SSSR count). The van der Waals surface area contributed by atoms with Crippen LogP contribution in [0.5, 0.6) is 5.75 Å². The summed E-state index contributed by atoms with van der Waals surface area (Å²) >= 11 is 0. The molecule has 176 valence electrons.